The van der Waals surface area contributed by atoms with E-state index in [9.17, 15) is 9.90 Å². The van der Waals surface area contributed by atoms with E-state index < -0.39 is 5.91 Å². The molecule has 0 saturated carbocycles. The van der Waals surface area contributed by atoms with Crippen molar-refractivity contribution < 1.29 is 14.6 Å². The van der Waals surface area contributed by atoms with Gasteiger partial charge in [-0.1, -0.05) is 6.07 Å². The number of aromatic amines is 1. The van der Waals surface area contributed by atoms with Gasteiger partial charge in [0.2, 0.25) is 0 Å². The van der Waals surface area contributed by atoms with E-state index in [1.165, 1.54) is 6.20 Å². The average Bonchev–Trinajstić information content (AvgIpc) is 3.10. The molecule has 130 valence electrons. The highest BCUT2D eigenvalue weighted by atomic mass is 16.5. The first-order chi connectivity index (χ1) is 12.7. The number of pyridine rings is 1. The maximum atomic E-state index is 12.6. The topological polar surface area (TPSA) is 87.2 Å². The molecule has 3 N–H and O–H groups in total. The molecule has 0 saturated heterocycles. The molecule has 0 spiro atoms. The standard InChI is InChI=1S/C20H17N3O3/c1-2-26-14-5-6-17-15(10-14)19(24)16(11-22-17)20(25)23-13-4-3-12-7-8-21-18(12)9-13/h3-11,21H,2H2,1H3,(H,22,24)(H,23,25). The van der Waals surface area contributed by atoms with Crippen LogP contribution in [0.1, 0.15) is 17.3 Å². The fourth-order valence-corrected chi connectivity index (χ4v) is 2.90. The number of aromatic nitrogens is 2. The minimum Gasteiger partial charge on any atom is -0.506 e. The number of benzene rings is 2. The van der Waals surface area contributed by atoms with Crippen LogP contribution in [0.4, 0.5) is 5.69 Å². The zero-order valence-electron chi connectivity index (χ0n) is 14.1. The summed E-state index contributed by atoms with van der Waals surface area (Å²) < 4.78 is 5.46. The number of carbonyl (C=O) groups excluding carboxylic acids is 1. The van der Waals surface area contributed by atoms with Gasteiger partial charge in [-0.05, 0) is 48.7 Å². The van der Waals surface area contributed by atoms with E-state index in [0.717, 1.165) is 10.9 Å². The molecule has 0 radical (unpaired) electrons. The Balaban J connectivity index is 1.68. The number of nitrogens with one attached hydrogen (secondary N) is 2. The van der Waals surface area contributed by atoms with Gasteiger partial charge in [-0.25, -0.2) is 0 Å². The summed E-state index contributed by atoms with van der Waals surface area (Å²) in [5.41, 5.74) is 2.26. The van der Waals surface area contributed by atoms with Gasteiger partial charge in [0, 0.05) is 29.0 Å². The molecule has 0 atom stereocenters. The lowest BCUT2D eigenvalue weighted by atomic mass is 10.1. The minimum absolute atomic E-state index is 0.109. The van der Waals surface area contributed by atoms with Crippen molar-refractivity contribution in [2.75, 3.05) is 11.9 Å². The second-order valence-electron chi connectivity index (χ2n) is 5.87. The van der Waals surface area contributed by atoms with Gasteiger partial charge >= 0.3 is 0 Å². The highest BCUT2D eigenvalue weighted by Gasteiger charge is 2.16. The van der Waals surface area contributed by atoms with Crippen LogP contribution in [-0.2, 0) is 0 Å². The Hall–Kier alpha value is -3.54. The zero-order chi connectivity index (χ0) is 18.1. The lowest BCUT2D eigenvalue weighted by molar-refractivity contribution is 0.102. The predicted octanol–water partition coefficient (Wildman–Crippen LogP) is 4.07. The third-order valence-electron chi connectivity index (χ3n) is 4.18. The average molecular weight is 347 g/mol. The van der Waals surface area contributed by atoms with Crippen LogP contribution in [0.25, 0.3) is 21.8 Å². The molecule has 6 nitrogen and oxygen atoms in total. The van der Waals surface area contributed by atoms with Gasteiger partial charge in [-0.2, -0.15) is 0 Å². The van der Waals surface area contributed by atoms with E-state index in [0.29, 0.717) is 28.9 Å². The third-order valence-corrected chi connectivity index (χ3v) is 4.18. The molecule has 26 heavy (non-hydrogen) atoms. The smallest absolute Gasteiger partial charge is 0.261 e. The highest BCUT2D eigenvalue weighted by molar-refractivity contribution is 6.09. The number of hydrogen-bond donors (Lipinski definition) is 3. The maximum Gasteiger partial charge on any atom is 0.261 e. The van der Waals surface area contributed by atoms with E-state index in [2.05, 4.69) is 15.3 Å². The van der Waals surface area contributed by atoms with Gasteiger partial charge in [0.25, 0.3) is 5.91 Å². The van der Waals surface area contributed by atoms with Crippen LogP contribution < -0.4 is 10.1 Å². The first-order valence-corrected chi connectivity index (χ1v) is 8.28. The number of H-pyrrole nitrogens is 1. The van der Waals surface area contributed by atoms with Gasteiger partial charge in [0.05, 0.1) is 12.1 Å². The van der Waals surface area contributed by atoms with Crippen LogP contribution in [0, 0.1) is 0 Å². The summed E-state index contributed by atoms with van der Waals surface area (Å²) in [6.07, 6.45) is 3.21. The van der Waals surface area contributed by atoms with E-state index in [-0.39, 0.29) is 11.3 Å². The Kier molecular flexibility index (Phi) is 3.93. The van der Waals surface area contributed by atoms with Crippen LogP contribution in [0.3, 0.4) is 0 Å². The van der Waals surface area contributed by atoms with Crippen LogP contribution in [0.5, 0.6) is 11.5 Å². The molecule has 0 aliphatic carbocycles. The quantitative estimate of drug-likeness (QED) is 0.519. The molecule has 4 rings (SSSR count). The van der Waals surface area contributed by atoms with Crippen molar-refractivity contribution in [2.45, 2.75) is 6.92 Å². The van der Waals surface area contributed by atoms with Gasteiger partial charge < -0.3 is 20.1 Å². The number of rotatable bonds is 4. The molecule has 0 aliphatic heterocycles. The van der Waals surface area contributed by atoms with E-state index in [4.69, 9.17) is 4.74 Å². The van der Waals surface area contributed by atoms with Crippen molar-refractivity contribution in [3.8, 4) is 11.5 Å². The summed E-state index contributed by atoms with van der Waals surface area (Å²) in [5, 5.41) is 14.9. The monoisotopic (exact) mass is 347 g/mol. The van der Waals surface area contributed by atoms with Crippen molar-refractivity contribution in [1.29, 1.82) is 0 Å². The van der Waals surface area contributed by atoms with Gasteiger partial charge in [-0.15, -0.1) is 0 Å². The maximum absolute atomic E-state index is 12.6. The molecule has 2 heterocycles. The fourth-order valence-electron chi connectivity index (χ4n) is 2.90. The summed E-state index contributed by atoms with van der Waals surface area (Å²) in [6, 6.07) is 12.7. The first-order valence-electron chi connectivity index (χ1n) is 8.28. The second-order valence-corrected chi connectivity index (χ2v) is 5.87. The number of amides is 1. The van der Waals surface area contributed by atoms with Gasteiger partial charge in [-0.3, -0.25) is 9.78 Å². The first kappa shape index (κ1) is 16.0. The number of fused-ring (bicyclic) bond motifs is 2. The summed E-state index contributed by atoms with van der Waals surface area (Å²) in [5.74, 6) is 0.0754. The molecule has 2 aromatic carbocycles. The predicted molar refractivity (Wildman–Crippen MR) is 101 cm³/mol. The van der Waals surface area contributed by atoms with Crippen molar-refractivity contribution in [3.63, 3.8) is 0 Å². The van der Waals surface area contributed by atoms with E-state index in [1.54, 1.807) is 18.2 Å². The van der Waals surface area contributed by atoms with Gasteiger partial charge in [0.15, 0.2) is 0 Å². The van der Waals surface area contributed by atoms with E-state index >= 15 is 0 Å². The Morgan fingerprint density at radius 1 is 1.23 bits per heavy atom. The number of hydrogen-bond acceptors (Lipinski definition) is 4. The second kappa shape index (κ2) is 6.40. The van der Waals surface area contributed by atoms with Crippen LogP contribution in [0.15, 0.2) is 54.9 Å². The summed E-state index contributed by atoms with van der Waals surface area (Å²) in [7, 11) is 0. The van der Waals surface area contributed by atoms with Crippen molar-refractivity contribution in [1.82, 2.24) is 9.97 Å². The van der Waals surface area contributed by atoms with Crippen LogP contribution in [-0.4, -0.2) is 27.6 Å². The number of carbonyl (C=O) groups is 1. The lowest BCUT2D eigenvalue weighted by Gasteiger charge is -2.10. The Morgan fingerprint density at radius 3 is 2.96 bits per heavy atom. The number of anilines is 1. The molecule has 1 amide bonds. The summed E-state index contributed by atoms with van der Waals surface area (Å²) in [6.45, 7) is 2.40. The molecular formula is C20H17N3O3. The van der Waals surface area contributed by atoms with Crippen molar-refractivity contribution >= 4 is 33.4 Å². The third kappa shape index (κ3) is 2.82. The van der Waals surface area contributed by atoms with Crippen LogP contribution >= 0.6 is 0 Å². The fraction of sp³-hybridized carbons (Fsp3) is 0.100. The van der Waals surface area contributed by atoms with Crippen molar-refractivity contribution in [2.24, 2.45) is 0 Å². The molecule has 2 aromatic heterocycles. The van der Waals surface area contributed by atoms with Crippen molar-refractivity contribution in [3.05, 3.63) is 60.4 Å². The minimum atomic E-state index is -0.426. The SMILES string of the molecule is CCOc1ccc2ncc(C(=O)Nc3ccc4cc[nH]c4c3)c(O)c2c1. The Morgan fingerprint density at radius 2 is 2.12 bits per heavy atom. The van der Waals surface area contributed by atoms with Crippen LogP contribution in [0.2, 0.25) is 0 Å². The number of aromatic hydroxyl groups is 1. The highest BCUT2D eigenvalue weighted by Crippen LogP contribution is 2.31. The largest absolute Gasteiger partial charge is 0.506 e. The Labute approximate surface area is 149 Å². The molecule has 0 fully saturated rings. The number of nitrogens with zero attached hydrogens (tertiary/aromatic N) is 1. The Bertz CT molecular complexity index is 1120. The number of ether oxygens (including phenoxy) is 1. The molecule has 4 aromatic rings. The molecule has 0 unspecified atom stereocenters. The molecular weight excluding hydrogens is 330 g/mol. The lowest BCUT2D eigenvalue weighted by Crippen LogP contribution is -2.12. The normalized spacial score (nSPS) is 11.0. The molecule has 6 heteroatoms. The molecule has 0 bridgehead atoms. The summed E-state index contributed by atoms with van der Waals surface area (Å²) >= 11 is 0. The van der Waals surface area contributed by atoms with Gasteiger partial charge in [0.1, 0.15) is 17.1 Å². The molecule has 0 aliphatic rings. The zero-order valence-corrected chi connectivity index (χ0v) is 14.1. The summed E-state index contributed by atoms with van der Waals surface area (Å²) in [4.78, 5) is 20.0. The van der Waals surface area contributed by atoms with E-state index in [1.807, 2.05) is 37.4 Å².